The molecule has 2 rings (SSSR count). The molecule has 1 aliphatic rings. The average Bonchev–Trinajstić information content (AvgIpc) is 2.97. The summed E-state index contributed by atoms with van der Waals surface area (Å²) in [5.74, 6) is -0.632. The van der Waals surface area contributed by atoms with E-state index in [1.54, 1.807) is 6.20 Å². The molecule has 0 aliphatic heterocycles. The van der Waals surface area contributed by atoms with Crippen LogP contribution in [0.1, 0.15) is 62.0 Å². The zero-order valence-electron chi connectivity index (χ0n) is 13.6. The minimum atomic E-state index is -0.866. The Labute approximate surface area is 130 Å². The van der Waals surface area contributed by atoms with Crippen LogP contribution >= 0.6 is 0 Å². The Kier molecular flexibility index (Phi) is 4.88. The summed E-state index contributed by atoms with van der Waals surface area (Å²) in [5, 5.41) is 16.4. The van der Waals surface area contributed by atoms with E-state index >= 15 is 0 Å². The molecule has 122 valence electrons. The molecule has 0 unspecified atom stereocenters. The maximum absolute atomic E-state index is 12.5. The summed E-state index contributed by atoms with van der Waals surface area (Å²) in [6, 6.07) is 0. The first kappa shape index (κ1) is 16.5. The number of carbonyl (C=O) groups excluding carboxylic acids is 1. The minimum absolute atomic E-state index is 0.0160. The van der Waals surface area contributed by atoms with E-state index in [0.717, 1.165) is 37.9 Å². The summed E-state index contributed by atoms with van der Waals surface area (Å²) < 4.78 is 1.83. The molecule has 0 atom stereocenters. The van der Waals surface area contributed by atoms with E-state index in [-0.39, 0.29) is 12.3 Å². The Balaban J connectivity index is 2.14. The van der Waals surface area contributed by atoms with Crippen molar-refractivity contribution in [1.29, 1.82) is 0 Å². The fraction of sp³-hybridized carbons (Fsp3) is 0.688. The number of carbonyl (C=O) groups is 2. The lowest BCUT2D eigenvalue weighted by molar-refractivity contribution is -0.138. The highest BCUT2D eigenvalue weighted by atomic mass is 16.4. The first-order valence-electron chi connectivity index (χ1n) is 7.90. The van der Waals surface area contributed by atoms with E-state index < -0.39 is 11.5 Å². The van der Waals surface area contributed by atoms with Crippen molar-refractivity contribution in [3.63, 3.8) is 0 Å². The lowest BCUT2D eigenvalue weighted by atomic mass is 9.92. The summed E-state index contributed by atoms with van der Waals surface area (Å²) in [5.41, 5.74) is 0.766. The minimum Gasteiger partial charge on any atom is -0.481 e. The lowest BCUT2D eigenvalue weighted by Crippen LogP contribution is -2.47. The molecular weight excluding hydrogens is 282 g/mol. The molecule has 0 spiro atoms. The highest BCUT2D eigenvalue weighted by molar-refractivity contribution is 5.95. The van der Waals surface area contributed by atoms with Gasteiger partial charge in [-0.15, -0.1) is 0 Å². The van der Waals surface area contributed by atoms with Gasteiger partial charge in [-0.3, -0.25) is 14.3 Å². The van der Waals surface area contributed by atoms with Crippen molar-refractivity contribution >= 4 is 11.9 Å². The third kappa shape index (κ3) is 3.67. The Morgan fingerprint density at radius 3 is 2.59 bits per heavy atom. The summed E-state index contributed by atoms with van der Waals surface area (Å²) in [7, 11) is 0. The van der Waals surface area contributed by atoms with Gasteiger partial charge in [-0.05, 0) is 25.7 Å². The van der Waals surface area contributed by atoms with E-state index in [1.807, 2.05) is 11.6 Å². The predicted octanol–water partition coefficient (Wildman–Crippen LogP) is 2.36. The Bertz CT molecular complexity index is 557. The molecule has 1 amide bonds. The monoisotopic (exact) mass is 307 g/mol. The third-order valence-corrected chi connectivity index (χ3v) is 4.31. The Hall–Kier alpha value is -1.85. The summed E-state index contributed by atoms with van der Waals surface area (Å²) in [6.07, 6.45) is 4.93. The molecule has 22 heavy (non-hydrogen) atoms. The highest BCUT2D eigenvalue weighted by Crippen LogP contribution is 2.33. The van der Waals surface area contributed by atoms with Crippen molar-refractivity contribution < 1.29 is 14.7 Å². The van der Waals surface area contributed by atoms with Gasteiger partial charge in [0.05, 0.1) is 23.7 Å². The summed E-state index contributed by atoms with van der Waals surface area (Å²) >= 11 is 0. The topological polar surface area (TPSA) is 84.2 Å². The van der Waals surface area contributed by atoms with E-state index in [0.29, 0.717) is 11.5 Å². The number of aromatic nitrogens is 2. The molecule has 6 heteroatoms. The summed E-state index contributed by atoms with van der Waals surface area (Å²) in [4.78, 5) is 23.7. The van der Waals surface area contributed by atoms with Crippen molar-refractivity contribution in [3.8, 4) is 0 Å². The third-order valence-electron chi connectivity index (χ3n) is 4.31. The van der Waals surface area contributed by atoms with Gasteiger partial charge in [0.1, 0.15) is 0 Å². The van der Waals surface area contributed by atoms with Gasteiger partial charge < -0.3 is 10.4 Å². The Morgan fingerprint density at radius 2 is 2.05 bits per heavy atom. The fourth-order valence-electron chi connectivity index (χ4n) is 3.19. The van der Waals surface area contributed by atoms with Crippen LogP contribution in [0.3, 0.4) is 0 Å². The standard InChI is InChI=1S/C16H25N3O3/c1-11(2)10-19-12(3)13(9-17-19)15(22)18-16(8-14(20)21)6-4-5-7-16/h9,11H,4-8,10H2,1-3H3,(H,18,22)(H,20,21). The smallest absolute Gasteiger partial charge is 0.305 e. The quantitative estimate of drug-likeness (QED) is 0.845. The van der Waals surface area contributed by atoms with E-state index in [2.05, 4.69) is 24.3 Å². The van der Waals surface area contributed by atoms with Gasteiger partial charge in [-0.2, -0.15) is 5.10 Å². The first-order valence-corrected chi connectivity index (χ1v) is 7.90. The van der Waals surface area contributed by atoms with Crippen LogP contribution in [0.4, 0.5) is 0 Å². The number of rotatable bonds is 6. The molecule has 0 bridgehead atoms. The molecule has 1 saturated carbocycles. The zero-order valence-corrected chi connectivity index (χ0v) is 13.6. The molecular formula is C16H25N3O3. The molecule has 6 nitrogen and oxygen atoms in total. The number of amides is 1. The Morgan fingerprint density at radius 1 is 1.41 bits per heavy atom. The van der Waals surface area contributed by atoms with Crippen LogP contribution in [-0.4, -0.2) is 32.3 Å². The van der Waals surface area contributed by atoms with Gasteiger partial charge >= 0.3 is 5.97 Å². The van der Waals surface area contributed by atoms with Gasteiger partial charge in [0.15, 0.2) is 0 Å². The largest absolute Gasteiger partial charge is 0.481 e. The number of carboxylic acid groups (broad SMARTS) is 1. The molecule has 1 aromatic rings. The molecule has 2 N–H and O–H groups in total. The average molecular weight is 307 g/mol. The predicted molar refractivity (Wildman–Crippen MR) is 82.7 cm³/mol. The van der Waals surface area contributed by atoms with Crippen LogP contribution in [0.2, 0.25) is 0 Å². The van der Waals surface area contributed by atoms with Crippen molar-refractivity contribution in [2.45, 2.75) is 65.0 Å². The molecule has 1 heterocycles. The summed E-state index contributed by atoms with van der Waals surface area (Å²) in [6.45, 7) is 6.84. The normalized spacial score (nSPS) is 16.9. The number of hydrogen-bond donors (Lipinski definition) is 2. The van der Waals surface area contributed by atoms with Crippen molar-refractivity contribution in [2.24, 2.45) is 5.92 Å². The SMILES string of the molecule is Cc1c(C(=O)NC2(CC(=O)O)CCCC2)cnn1CC(C)C. The second-order valence-electron chi connectivity index (χ2n) is 6.73. The van der Waals surface area contributed by atoms with Crippen LogP contribution in [0.25, 0.3) is 0 Å². The van der Waals surface area contributed by atoms with Crippen molar-refractivity contribution in [1.82, 2.24) is 15.1 Å². The van der Waals surface area contributed by atoms with Gasteiger partial charge in [-0.25, -0.2) is 0 Å². The van der Waals surface area contributed by atoms with Crippen molar-refractivity contribution in [2.75, 3.05) is 0 Å². The molecule has 0 aromatic carbocycles. The van der Waals surface area contributed by atoms with E-state index in [9.17, 15) is 9.59 Å². The molecule has 0 saturated heterocycles. The van der Waals surface area contributed by atoms with E-state index in [1.165, 1.54) is 0 Å². The van der Waals surface area contributed by atoms with Crippen LogP contribution < -0.4 is 5.32 Å². The zero-order chi connectivity index (χ0) is 16.3. The highest BCUT2D eigenvalue weighted by Gasteiger charge is 2.38. The second-order valence-corrected chi connectivity index (χ2v) is 6.73. The number of aliphatic carboxylic acids is 1. The second kappa shape index (κ2) is 6.50. The van der Waals surface area contributed by atoms with Crippen LogP contribution in [0.15, 0.2) is 6.20 Å². The van der Waals surface area contributed by atoms with Gasteiger partial charge in [0, 0.05) is 12.2 Å². The lowest BCUT2D eigenvalue weighted by Gasteiger charge is -2.28. The maximum atomic E-state index is 12.5. The fourth-order valence-corrected chi connectivity index (χ4v) is 3.19. The van der Waals surface area contributed by atoms with Gasteiger partial charge in [-0.1, -0.05) is 26.7 Å². The number of nitrogens with one attached hydrogen (secondary N) is 1. The molecule has 0 radical (unpaired) electrons. The number of nitrogens with zero attached hydrogens (tertiary/aromatic N) is 2. The number of carboxylic acids is 1. The first-order chi connectivity index (χ1) is 10.3. The molecule has 1 aliphatic carbocycles. The maximum Gasteiger partial charge on any atom is 0.305 e. The van der Waals surface area contributed by atoms with Crippen LogP contribution in [-0.2, 0) is 11.3 Å². The van der Waals surface area contributed by atoms with E-state index in [4.69, 9.17) is 5.11 Å². The van der Waals surface area contributed by atoms with Crippen LogP contribution in [0, 0.1) is 12.8 Å². The number of hydrogen-bond acceptors (Lipinski definition) is 3. The molecule has 1 fully saturated rings. The van der Waals surface area contributed by atoms with Gasteiger partial charge in [0.25, 0.3) is 5.91 Å². The van der Waals surface area contributed by atoms with Gasteiger partial charge in [0.2, 0.25) is 0 Å². The molecule has 1 aromatic heterocycles. The van der Waals surface area contributed by atoms with Crippen LogP contribution in [0.5, 0.6) is 0 Å². The van der Waals surface area contributed by atoms with Crippen molar-refractivity contribution in [3.05, 3.63) is 17.5 Å².